The molecule has 1 aromatic carbocycles. The van der Waals surface area contributed by atoms with Crippen molar-refractivity contribution in [1.29, 1.82) is 0 Å². The van der Waals surface area contributed by atoms with Gasteiger partial charge >= 0.3 is 11.9 Å². The summed E-state index contributed by atoms with van der Waals surface area (Å²) in [6, 6.07) is 5.57. The summed E-state index contributed by atoms with van der Waals surface area (Å²) in [5.41, 5.74) is 6.91. The molecule has 32 heavy (non-hydrogen) atoms. The largest absolute Gasteiger partial charge is 0.481 e. The van der Waals surface area contributed by atoms with E-state index in [0.29, 0.717) is 17.9 Å². The van der Waals surface area contributed by atoms with Gasteiger partial charge in [0, 0.05) is 12.0 Å². The first-order valence-corrected chi connectivity index (χ1v) is 10.4. The van der Waals surface area contributed by atoms with Gasteiger partial charge in [-0.2, -0.15) is 0 Å². The van der Waals surface area contributed by atoms with Crippen molar-refractivity contribution in [2.45, 2.75) is 44.3 Å². The fourth-order valence-corrected chi connectivity index (χ4v) is 3.97. The van der Waals surface area contributed by atoms with Crippen LogP contribution in [-0.2, 0) is 20.8 Å². The molecule has 11 nitrogen and oxygen atoms in total. The monoisotopic (exact) mass is 445 g/mol. The van der Waals surface area contributed by atoms with Gasteiger partial charge in [-0.05, 0) is 55.8 Å². The summed E-state index contributed by atoms with van der Waals surface area (Å²) >= 11 is 0. The van der Waals surface area contributed by atoms with Gasteiger partial charge in [-0.15, -0.1) is 0 Å². The number of nitrogens with zero attached hydrogens (tertiary/aromatic N) is 1. The summed E-state index contributed by atoms with van der Waals surface area (Å²) < 4.78 is 0. The molecule has 2 aliphatic heterocycles. The van der Waals surface area contributed by atoms with Crippen molar-refractivity contribution >= 4 is 29.7 Å². The van der Waals surface area contributed by atoms with Gasteiger partial charge < -0.3 is 21.3 Å². The SMILES string of the molecule is NC1=NC2NC[C@H](CCc3ccc(C(=O)N[C@@H](CCC(=O)O)C(=O)O)cc3)CC2C(=O)N1. The number of hydrogen-bond acceptors (Lipinski definition) is 7. The van der Waals surface area contributed by atoms with Crippen molar-refractivity contribution in [3.63, 3.8) is 0 Å². The molecule has 2 aliphatic rings. The minimum absolute atomic E-state index is 0.113. The first kappa shape index (κ1) is 23.2. The predicted molar refractivity (Wildman–Crippen MR) is 114 cm³/mol. The first-order chi connectivity index (χ1) is 15.2. The zero-order valence-corrected chi connectivity index (χ0v) is 17.4. The Hall–Kier alpha value is -3.47. The third-order valence-corrected chi connectivity index (χ3v) is 5.76. The molecule has 3 rings (SSSR count). The van der Waals surface area contributed by atoms with E-state index in [2.05, 4.69) is 20.9 Å². The fraction of sp³-hybridized carbons (Fsp3) is 0.476. The van der Waals surface area contributed by atoms with E-state index >= 15 is 0 Å². The molecular formula is C21H27N5O6. The number of carboxylic acid groups (broad SMARTS) is 2. The molecule has 0 aliphatic carbocycles. The molecule has 172 valence electrons. The molecule has 0 spiro atoms. The third-order valence-electron chi connectivity index (χ3n) is 5.76. The minimum atomic E-state index is -1.28. The summed E-state index contributed by atoms with van der Waals surface area (Å²) in [6.45, 7) is 0.735. The van der Waals surface area contributed by atoms with E-state index in [1.165, 1.54) is 0 Å². The van der Waals surface area contributed by atoms with Crippen LogP contribution in [0.3, 0.4) is 0 Å². The topological polar surface area (TPSA) is 183 Å². The lowest BCUT2D eigenvalue weighted by molar-refractivity contribution is -0.140. The highest BCUT2D eigenvalue weighted by molar-refractivity contribution is 5.99. The van der Waals surface area contributed by atoms with Crippen LogP contribution in [0.1, 0.15) is 41.6 Å². The summed E-state index contributed by atoms with van der Waals surface area (Å²) in [7, 11) is 0. The average molecular weight is 445 g/mol. The summed E-state index contributed by atoms with van der Waals surface area (Å²) in [6.07, 6.45) is 1.51. The Bertz CT molecular complexity index is 916. The third kappa shape index (κ3) is 6.03. The lowest BCUT2D eigenvalue weighted by Crippen LogP contribution is -2.57. The maximum atomic E-state index is 12.3. The highest BCUT2D eigenvalue weighted by Gasteiger charge is 2.37. The molecule has 0 radical (unpaired) electrons. The number of rotatable bonds is 9. The minimum Gasteiger partial charge on any atom is -0.481 e. The number of aliphatic carboxylic acids is 2. The molecule has 0 aromatic heterocycles. The molecule has 2 amide bonds. The van der Waals surface area contributed by atoms with Crippen LogP contribution in [0.15, 0.2) is 29.3 Å². The maximum Gasteiger partial charge on any atom is 0.326 e. The number of fused-ring (bicyclic) bond motifs is 1. The number of benzene rings is 1. The van der Waals surface area contributed by atoms with E-state index in [0.717, 1.165) is 24.9 Å². The molecule has 1 fully saturated rings. The van der Waals surface area contributed by atoms with Gasteiger partial charge in [0.2, 0.25) is 5.91 Å². The lowest BCUT2D eigenvalue weighted by Gasteiger charge is -2.36. The zero-order valence-electron chi connectivity index (χ0n) is 17.4. The van der Waals surface area contributed by atoms with Crippen molar-refractivity contribution < 1.29 is 29.4 Å². The van der Waals surface area contributed by atoms with Crippen LogP contribution >= 0.6 is 0 Å². The van der Waals surface area contributed by atoms with E-state index in [-0.39, 0.29) is 36.8 Å². The first-order valence-electron chi connectivity index (χ1n) is 10.4. The Morgan fingerprint density at radius 3 is 2.59 bits per heavy atom. The van der Waals surface area contributed by atoms with Gasteiger partial charge in [0.05, 0.1) is 5.92 Å². The Labute approximate surface area is 184 Å². The highest BCUT2D eigenvalue weighted by atomic mass is 16.4. The van der Waals surface area contributed by atoms with Crippen LogP contribution in [0.2, 0.25) is 0 Å². The quantitative estimate of drug-likeness (QED) is 0.298. The Morgan fingerprint density at radius 2 is 1.94 bits per heavy atom. The molecule has 11 heteroatoms. The molecule has 1 saturated heterocycles. The van der Waals surface area contributed by atoms with Gasteiger partial charge in [0.15, 0.2) is 5.96 Å². The molecule has 0 saturated carbocycles. The number of nitrogens with one attached hydrogen (secondary N) is 3. The Morgan fingerprint density at radius 1 is 1.22 bits per heavy atom. The number of hydrogen-bond donors (Lipinski definition) is 6. The number of aryl methyl sites for hydroxylation is 1. The summed E-state index contributed by atoms with van der Waals surface area (Å²) in [5, 5.41) is 26.1. The number of carboxylic acids is 2. The second-order valence-electron chi connectivity index (χ2n) is 8.10. The number of guanidine groups is 1. The van der Waals surface area contributed by atoms with Crippen LogP contribution in [0, 0.1) is 11.8 Å². The number of piperidine rings is 1. The molecule has 2 unspecified atom stereocenters. The van der Waals surface area contributed by atoms with Crippen molar-refractivity contribution in [3.05, 3.63) is 35.4 Å². The lowest BCUT2D eigenvalue weighted by atomic mass is 9.83. The molecule has 2 heterocycles. The summed E-state index contributed by atoms with van der Waals surface area (Å²) in [4.78, 5) is 50.6. The van der Waals surface area contributed by atoms with Crippen LogP contribution in [0.4, 0.5) is 0 Å². The van der Waals surface area contributed by atoms with Crippen molar-refractivity contribution in [2.24, 2.45) is 22.6 Å². The molecule has 4 atom stereocenters. The van der Waals surface area contributed by atoms with E-state index < -0.39 is 23.9 Å². The molecule has 1 aromatic rings. The molecule has 0 bridgehead atoms. The van der Waals surface area contributed by atoms with Crippen molar-refractivity contribution in [1.82, 2.24) is 16.0 Å². The number of carbonyl (C=O) groups is 4. The zero-order chi connectivity index (χ0) is 23.3. The van der Waals surface area contributed by atoms with Crippen LogP contribution < -0.4 is 21.7 Å². The van der Waals surface area contributed by atoms with Crippen molar-refractivity contribution in [3.8, 4) is 0 Å². The second-order valence-corrected chi connectivity index (χ2v) is 8.10. The van der Waals surface area contributed by atoms with E-state index in [9.17, 15) is 24.3 Å². The maximum absolute atomic E-state index is 12.3. The van der Waals surface area contributed by atoms with Crippen LogP contribution in [0.25, 0.3) is 0 Å². The van der Waals surface area contributed by atoms with E-state index in [4.69, 9.17) is 10.8 Å². The highest BCUT2D eigenvalue weighted by Crippen LogP contribution is 2.27. The number of aliphatic imine (C=N–C) groups is 1. The van der Waals surface area contributed by atoms with Gasteiger partial charge in [0.25, 0.3) is 5.91 Å². The second kappa shape index (κ2) is 10.2. The molecule has 7 N–H and O–H groups in total. The Balaban J connectivity index is 1.50. The smallest absolute Gasteiger partial charge is 0.326 e. The number of amides is 2. The van der Waals surface area contributed by atoms with Gasteiger partial charge in [-0.3, -0.25) is 25.0 Å². The molecular weight excluding hydrogens is 418 g/mol. The van der Waals surface area contributed by atoms with Gasteiger partial charge in [-0.1, -0.05) is 12.1 Å². The van der Waals surface area contributed by atoms with Crippen LogP contribution in [0.5, 0.6) is 0 Å². The van der Waals surface area contributed by atoms with Crippen LogP contribution in [-0.4, -0.2) is 58.7 Å². The Kier molecular flexibility index (Phi) is 7.41. The van der Waals surface area contributed by atoms with E-state index in [1.807, 2.05) is 0 Å². The number of carbonyl (C=O) groups excluding carboxylic acids is 2. The average Bonchev–Trinajstić information content (AvgIpc) is 2.75. The predicted octanol–water partition coefficient (Wildman–Crippen LogP) is -0.337. The number of nitrogens with two attached hydrogens (primary N) is 1. The summed E-state index contributed by atoms with van der Waals surface area (Å²) in [5.74, 6) is -2.89. The van der Waals surface area contributed by atoms with Crippen molar-refractivity contribution in [2.75, 3.05) is 6.54 Å². The van der Waals surface area contributed by atoms with Gasteiger partial charge in [-0.25, -0.2) is 9.79 Å². The fourth-order valence-electron chi connectivity index (χ4n) is 3.97. The standard InChI is InChI=1S/C21H27N5O6/c22-21-25-17-14(19(30)26-21)9-12(10-23-17)2-1-11-3-5-13(6-4-11)18(29)24-15(20(31)32)7-8-16(27)28/h3-6,12,14-15,17,23H,1-2,7-10H2,(H,24,29)(H,27,28)(H,31,32)(H3,22,25,26,30)/t12-,14?,15+,17?/m1/s1. The van der Waals surface area contributed by atoms with Gasteiger partial charge in [0.1, 0.15) is 12.2 Å². The normalized spacial score (nSPS) is 23.3. The van der Waals surface area contributed by atoms with E-state index in [1.54, 1.807) is 24.3 Å².